The van der Waals surface area contributed by atoms with Crippen LogP contribution in [0.1, 0.15) is 13.3 Å². The number of nitrogens with zero attached hydrogens (tertiary/aromatic N) is 1. The lowest BCUT2D eigenvalue weighted by Crippen LogP contribution is -2.58. The van der Waals surface area contributed by atoms with Crippen molar-refractivity contribution in [2.45, 2.75) is 19.4 Å². The van der Waals surface area contributed by atoms with E-state index >= 15 is 0 Å². The van der Waals surface area contributed by atoms with Crippen LogP contribution < -0.4 is 15.0 Å². The summed E-state index contributed by atoms with van der Waals surface area (Å²) in [5.41, 5.74) is 0.717. The first-order valence-corrected chi connectivity index (χ1v) is 5.90. The molecule has 2 rings (SSSR count). The largest absolute Gasteiger partial charge is 0.497 e. The van der Waals surface area contributed by atoms with Crippen LogP contribution in [0.2, 0.25) is 0 Å². The van der Waals surface area contributed by atoms with Gasteiger partial charge in [0.15, 0.2) is 0 Å². The Bertz CT molecular complexity index is 456. The molecule has 1 aromatic carbocycles. The Kier molecular flexibility index (Phi) is 3.50. The third kappa shape index (κ3) is 2.30. The van der Waals surface area contributed by atoms with Gasteiger partial charge < -0.3 is 15.0 Å². The normalized spacial score (nSPS) is 19.7. The molecule has 1 unspecified atom stereocenters. The second-order valence-electron chi connectivity index (χ2n) is 4.15. The van der Waals surface area contributed by atoms with Crippen molar-refractivity contribution in [3.8, 4) is 5.75 Å². The number of piperazine rings is 1. The summed E-state index contributed by atoms with van der Waals surface area (Å²) in [6, 6.07) is 6.68. The van der Waals surface area contributed by atoms with E-state index in [1.54, 1.807) is 31.4 Å². The van der Waals surface area contributed by atoms with Gasteiger partial charge in [-0.1, -0.05) is 6.92 Å². The Morgan fingerprint density at radius 3 is 2.56 bits per heavy atom. The monoisotopic (exact) mass is 248 g/mol. The van der Waals surface area contributed by atoms with Gasteiger partial charge in [-0.25, -0.2) is 0 Å². The van der Waals surface area contributed by atoms with Crippen molar-refractivity contribution in [2.75, 3.05) is 18.6 Å². The number of benzene rings is 1. The fourth-order valence-corrected chi connectivity index (χ4v) is 1.97. The quantitative estimate of drug-likeness (QED) is 0.866. The Morgan fingerprint density at radius 2 is 2.00 bits per heavy atom. The zero-order chi connectivity index (χ0) is 13.1. The summed E-state index contributed by atoms with van der Waals surface area (Å²) in [5, 5.41) is 2.68. The highest BCUT2D eigenvalue weighted by molar-refractivity contribution is 6.06. The zero-order valence-corrected chi connectivity index (χ0v) is 10.5. The molecular formula is C13H16N2O3. The predicted octanol–water partition coefficient (Wildman–Crippen LogP) is 0.937. The molecule has 0 saturated carbocycles. The van der Waals surface area contributed by atoms with E-state index in [-0.39, 0.29) is 18.4 Å². The Balaban J connectivity index is 2.24. The van der Waals surface area contributed by atoms with Crippen LogP contribution in [-0.4, -0.2) is 31.5 Å². The molecule has 1 saturated heterocycles. The Labute approximate surface area is 106 Å². The molecule has 5 heteroatoms. The Morgan fingerprint density at radius 1 is 1.33 bits per heavy atom. The van der Waals surface area contributed by atoms with E-state index in [2.05, 4.69) is 5.32 Å². The van der Waals surface area contributed by atoms with Gasteiger partial charge in [0, 0.05) is 5.69 Å². The minimum Gasteiger partial charge on any atom is -0.497 e. The maximum absolute atomic E-state index is 12.1. The first-order chi connectivity index (χ1) is 8.65. The van der Waals surface area contributed by atoms with Crippen LogP contribution in [0.5, 0.6) is 5.75 Å². The molecule has 1 N–H and O–H groups in total. The highest BCUT2D eigenvalue weighted by Crippen LogP contribution is 2.21. The number of carbonyl (C=O) groups is 2. The number of methoxy groups -OCH3 is 1. The molecule has 1 aliphatic heterocycles. The minimum absolute atomic E-state index is 0.0673. The summed E-state index contributed by atoms with van der Waals surface area (Å²) in [6.07, 6.45) is 0.594. The van der Waals surface area contributed by atoms with Crippen LogP contribution in [0.3, 0.4) is 0 Å². The lowest BCUT2D eigenvalue weighted by molar-refractivity contribution is -0.131. The Hall–Kier alpha value is -2.04. The van der Waals surface area contributed by atoms with Crippen molar-refractivity contribution in [1.29, 1.82) is 0 Å². The summed E-state index contributed by atoms with van der Waals surface area (Å²) in [7, 11) is 1.58. The SMILES string of the molecule is CCC1NC(=O)CN(c2ccc(OC)cc2)C1=O. The van der Waals surface area contributed by atoms with Crippen LogP contribution in [0.4, 0.5) is 5.69 Å². The number of amides is 2. The molecule has 0 radical (unpaired) electrons. The third-order valence-corrected chi connectivity index (χ3v) is 2.99. The number of nitrogens with one attached hydrogen (secondary N) is 1. The fourth-order valence-electron chi connectivity index (χ4n) is 1.97. The van der Waals surface area contributed by atoms with Gasteiger partial charge in [0.1, 0.15) is 18.3 Å². The predicted molar refractivity (Wildman–Crippen MR) is 67.6 cm³/mol. The van der Waals surface area contributed by atoms with Gasteiger partial charge >= 0.3 is 0 Å². The highest BCUT2D eigenvalue weighted by atomic mass is 16.5. The van der Waals surface area contributed by atoms with Gasteiger partial charge in [0.2, 0.25) is 11.8 Å². The van der Waals surface area contributed by atoms with Crippen molar-refractivity contribution >= 4 is 17.5 Å². The molecular weight excluding hydrogens is 232 g/mol. The lowest BCUT2D eigenvalue weighted by Gasteiger charge is -2.32. The molecule has 1 atom stereocenters. The van der Waals surface area contributed by atoms with Gasteiger partial charge in [-0.2, -0.15) is 0 Å². The van der Waals surface area contributed by atoms with Crippen molar-refractivity contribution in [3.05, 3.63) is 24.3 Å². The molecule has 1 fully saturated rings. The number of anilines is 1. The highest BCUT2D eigenvalue weighted by Gasteiger charge is 2.32. The summed E-state index contributed by atoms with van der Waals surface area (Å²) < 4.78 is 5.06. The van der Waals surface area contributed by atoms with E-state index < -0.39 is 6.04 Å². The van der Waals surface area contributed by atoms with Gasteiger partial charge in [0.05, 0.1) is 7.11 Å². The van der Waals surface area contributed by atoms with Crippen molar-refractivity contribution in [3.63, 3.8) is 0 Å². The molecule has 0 aromatic heterocycles. The number of hydrogen-bond donors (Lipinski definition) is 1. The maximum Gasteiger partial charge on any atom is 0.250 e. The molecule has 1 heterocycles. The van der Waals surface area contributed by atoms with Gasteiger partial charge in [-0.3, -0.25) is 9.59 Å². The second-order valence-corrected chi connectivity index (χ2v) is 4.15. The average molecular weight is 248 g/mol. The summed E-state index contributed by atoms with van der Waals surface area (Å²) >= 11 is 0. The summed E-state index contributed by atoms with van der Waals surface area (Å²) in [4.78, 5) is 25.2. The first-order valence-electron chi connectivity index (χ1n) is 5.90. The molecule has 0 spiro atoms. The average Bonchev–Trinajstić information content (AvgIpc) is 2.41. The topological polar surface area (TPSA) is 58.6 Å². The molecule has 0 aliphatic carbocycles. The van der Waals surface area contributed by atoms with Crippen LogP contribution in [0.15, 0.2) is 24.3 Å². The fraction of sp³-hybridized carbons (Fsp3) is 0.385. The lowest BCUT2D eigenvalue weighted by atomic mass is 10.1. The number of hydrogen-bond acceptors (Lipinski definition) is 3. The maximum atomic E-state index is 12.1. The standard InChI is InChI=1S/C13H16N2O3/c1-3-11-13(17)15(8-12(16)14-11)9-4-6-10(18-2)7-5-9/h4-7,11H,3,8H2,1-2H3,(H,14,16). The molecule has 2 amide bonds. The van der Waals surface area contributed by atoms with Crippen molar-refractivity contribution < 1.29 is 14.3 Å². The summed E-state index contributed by atoms with van der Waals surface area (Å²) in [5.74, 6) is 0.527. The molecule has 1 aliphatic rings. The molecule has 5 nitrogen and oxygen atoms in total. The van der Waals surface area contributed by atoms with E-state index in [0.29, 0.717) is 12.1 Å². The summed E-state index contributed by atoms with van der Waals surface area (Å²) in [6.45, 7) is 1.95. The van der Waals surface area contributed by atoms with E-state index in [1.165, 1.54) is 4.90 Å². The van der Waals surface area contributed by atoms with Crippen LogP contribution in [-0.2, 0) is 9.59 Å². The number of carbonyl (C=O) groups excluding carboxylic acids is 2. The van der Waals surface area contributed by atoms with Crippen LogP contribution in [0.25, 0.3) is 0 Å². The first kappa shape index (κ1) is 12.4. The van der Waals surface area contributed by atoms with Gasteiger partial charge in [0.25, 0.3) is 0 Å². The van der Waals surface area contributed by atoms with Crippen LogP contribution in [0, 0.1) is 0 Å². The van der Waals surface area contributed by atoms with E-state index in [9.17, 15) is 9.59 Å². The van der Waals surface area contributed by atoms with E-state index in [4.69, 9.17) is 4.74 Å². The number of rotatable bonds is 3. The third-order valence-electron chi connectivity index (χ3n) is 2.99. The second kappa shape index (κ2) is 5.08. The zero-order valence-electron chi connectivity index (χ0n) is 10.5. The van der Waals surface area contributed by atoms with E-state index in [0.717, 1.165) is 5.75 Å². The van der Waals surface area contributed by atoms with Crippen LogP contribution >= 0.6 is 0 Å². The molecule has 0 bridgehead atoms. The van der Waals surface area contributed by atoms with Gasteiger partial charge in [-0.05, 0) is 30.7 Å². The molecule has 1 aromatic rings. The molecule has 18 heavy (non-hydrogen) atoms. The van der Waals surface area contributed by atoms with Crippen molar-refractivity contribution in [2.24, 2.45) is 0 Å². The molecule has 96 valence electrons. The van der Waals surface area contributed by atoms with Gasteiger partial charge in [-0.15, -0.1) is 0 Å². The van der Waals surface area contributed by atoms with E-state index in [1.807, 2.05) is 6.92 Å². The minimum atomic E-state index is -0.423. The number of ether oxygens (including phenoxy) is 1. The van der Waals surface area contributed by atoms with Crippen molar-refractivity contribution in [1.82, 2.24) is 5.32 Å². The smallest absolute Gasteiger partial charge is 0.250 e.